The fourth-order valence-corrected chi connectivity index (χ4v) is 4.49. The molecule has 0 aromatic carbocycles. The molecule has 6 heterocycles. The summed E-state index contributed by atoms with van der Waals surface area (Å²) >= 11 is 0. The maximum atomic E-state index is 5.49. The molecule has 1 N–H and O–H groups in total. The Balaban J connectivity index is 1.19. The van der Waals surface area contributed by atoms with Crippen molar-refractivity contribution < 1.29 is 4.52 Å². The van der Waals surface area contributed by atoms with Crippen LogP contribution in [0, 0.1) is 6.92 Å². The first-order valence-electron chi connectivity index (χ1n) is 12.0. The van der Waals surface area contributed by atoms with E-state index in [9.17, 15) is 0 Å². The second-order valence-corrected chi connectivity index (χ2v) is 9.19. The second kappa shape index (κ2) is 8.98. The third-order valence-corrected chi connectivity index (χ3v) is 6.50. The fourth-order valence-electron chi connectivity index (χ4n) is 4.49. The molecule has 1 aliphatic rings. The molecule has 1 fully saturated rings. The molecule has 13 nitrogen and oxygen atoms in total. The number of fused-ring (bicyclic) bond motifs is 1. The standard InChI is InChI=1S/C23H26N12O/c1-14(2)20-29-23(36-30-20)33-9-6-16(7-10-33)18-12-25-22-21(24-8-11-34(18)22)28-17-4-5-19(27-15(17)3)35-13-26-31-32-35/h4-5,8,11-14,16H,6-7,9-10H2,1-3H3,(H,24,28). The summed E-state index contributed by atoms with van der Waals surface area (Å²) in [5, 5.41) is 18.7. The van der Waals surface area contributed by atoms with Crippen LogP contribution in [-0.4, -0.2) is 62.8 Å². The van der Waals surface area contributed by atoms with Crippen molar-refractivity contribution in [1.82, 2.24) is 49.7 Å². The van der Waals surface area contributed by atoms with Crippen molar-refractivity contribution in [3.8, 4) is 5.82 Å². The van der Waals surface area contributed by atoms with E-state index in [1.54, 1.807) is 6.20 Å². The van der Waals surface area contributed by atoms with E-state index in [0.717, 1.165) is 48.8 Å². The van der Waals surface area contributed by atoms with Crippen LogP contribution in [0.15, 0.2) is 41.6 Å². The minimum absolute atomic E-state index is 0.248. The van der Waals surface area contributed by atoms with Crippen LogP contribution in [0.1, 0.15) is 55.7 Å². The molecule has 1 saturated heterocycles. The summed E-state index contributed by atoms with van der Waals surface area (Å²) in [6.45, 7) is 7.76. The van der Waals surface area contributed by atoms with Crippen LogP contribution in [0.25, 0.3) is 11.5 Å². The Morgan fingerprint density at radius 3 is 2.69 bits per heavy atom. The molecule has 36 heavy (non-hydrogen) atoms. The Labute approximate surface area is 206 Å². The van der Waals surface area contributed by atoms with Crippen LogP contribution in [-0.2, 0) is 0 Å². The highest BCUT2D eigenvalue weighted by molar-refractivity contribution is 5.71. The van der Waals surface area contributed by atoms with E-state index in [4.69, 9.17) is 9.51 Å². The van der Waals surface area contributed by atoms with Gasteiger partial charge in [-0.1, -0.05) is 19.0 Å². The lowest BCUT2D eigenvalue weighted by Gasteiger charge is -2.30. The normalized spacial score (nSPS) is 14.7. The summed E-state index contributed by atoms with van der Waals surface area (Å²) < 4.78 is 9.13. The van der Waals surface area contributed by atoms with Gasteiger partial charge in [0.15, 0.2) is 23.1 Å². The Morgan fingerprint density at radius 1 is 1.11 bits per heavy atom. The number of aryl methyl sites for hydroxylation is 1. The van der Waals surface area contributed by atoms with Gasteiger partial charge in [-0.25, -0.2) is 15.0 Å². The Morgan fingerprint density at radius 2 is 1.97 bits per heavy atom. The van der Waals surface area contributed by atoms with E-state index in [-0.39, 0.29) is 5.92 Å². The highest BCUT2D eigenvalue weighted by atomic mass is 16.5. The van der Waals surface area contributed by atoms with Gasteiger partial charge in [-0.2, -0.15) is 9.67 Å². The highest BCUT2D eigenvalue weighted by Crippen LogP contribution is 2.32. The van der Waals surface area contributed by atoms with Gasteiger partial charge in [0.1, 0.15) is 6.33 Å². The number of tetrazole rings is 1. The van der Waals surface area contributed by atoms with Crippen LogP contribution >= 0.6 is 0 Å². The van der Waals surface area contributed by atoms with E-state index < -0.39 is 0 Å². The maximum Gasteiger partial charge on any atom is 0.324 e. The quantitative estimate of drug-likeness (QED) is 0.378. The summed E-state index contributed by atoms with van der Waals surface area (Å²) in [5.41, 5.74) is 3.59. The summed E-state index contributed by atoms with van der Waals surface area (Å²) in [7, 11) is 0. The number of anilines is 3. The number of hydrogen-bond acceptors (Lipinski definition) is 11. The third-order valence-electron chi connectivity index (χ3n) is 6.50. The Bertz CT molecular complexity index is 1480. The summed E-state index contributed by atoms with van der Waals surface area (Å²) in [4.78, 5) is 20.6. The predicted octanol–water partition coefficient (Wildman–Crippen LogP) is 3.04. The van der Waals surface area contributed by atoms with Crippen molar-refractivity contribution >= 4 is 23.2 Å². The summed E-state index contributed by atoms with van der Waals surface area (Å²) in [6.07, 6.45) is 9.17. The molecule has 0 amide bonds. The maximum absolute atomic E-state index is 5.49. The van der Waals surface area contributed by atoms with Gasteiger partial charge in [0.25, 0.3) is 0 Å². The van der Waals surface area contributed by atoms with Crippen LogP contribution in [0.3, 0.4) is 0 Å². The molecule has 0 atom stereocenters. The van der Waals surface area contributed by atoms with E-state index in [0.29, 0.717) is 23.6 Å². The third kappa shape index (κ3) is 4.01. The second-order valence-electron chi connectivity index (χ2n) is 9.19. The first kappa shape index (κ1) is 22.1. The SMILES string of the molecule is Cc1nc(-n2cnnn2)ccc1Nc1nccn2c(C3CCN(c4nc(C(C)C)no4)CC3)cnc12. The van der Waals surface area contributed by atoms with Crippen molar-refractivity contribution in [1.29, 1.82) is 0 Å². The molecule has 0 bridgehead atoms. The topological polar surface area (TPSA) is 141 Å². The largest absolute Gasteiger partial charge is 0.336 e. The van der Waals surface area contributed by atoms with Gasteiger partial charge in [-0.3, -0.25) is 4.40 Å². The number of rotatable bonds is 6. The van der Waals surface area contributed by atoms with Crippen LogP contribution in [0.5, 0.6) is 0 Å². The van der Waals surface area contributed by atoms with Gasteiger partial charge < -0.3 is 14.7 Å². The molecule has 5 aromatic heterocycles. The molecule has 13 heteroatoms. The predicted molar refractivity (Wildman–Crippen MR) is 131 cm³/mol. The zero-order valence-electron chi connectivity index (χ0n) is 20.3. The van der Waals surface area contributed by atoms with Crippen LogP contribution in [0.2, 0.25) is 0 Å². The minimum atomic E-state index is 0.248. The van der Waals surface area contributed by atoms with Gasteiger partial charge in [0.2, 0.25) is 0 Å². The lowest BCUT2D eigenvalue weighted by Crippen LogP contribution is -2.33. The number of nitrogens with zero attached hydrogens (tertiary/aromatic N) is 11. The van der Waals surface area contributed by atoms with Gasteiger partial charge >= 0.3 is 6.01 Å². The van der Waals surface area contributed by atoms with Gasteiger partial charge in [-0.15, -0.1) is 5.10 Å². The molecule has 0 unspecified atom stereocenters. The van der Waals surface area contributed by atoms with Crippen molar-refractivity contribution in [2.24, 2.45) is 0 Å². The first-order valence-corrected chi connectivity index (χ1v) is 12.0. The Kier molecular flexibility index (Phi) is 5.51. The zero-order chi connectivity index (χ0) is 24.6. The lowest BCUT2D eigenvalue weighted by molar-refractivity contribution is 0.386. The van der Waals surface area contributed by atoms with E-state index in [1.807, 2.05) is 31.5 Å². The van der Waals surface area contributed by atoms with Gasteiger partial charge in [-0.05, 0) is 42.3 Å². The van der Waals surface area contributed by atoms with Crippen molar-refractivity contribution in [2.75, 3.05) is 23.3 Å². The molecule has 5 aromatic rings. The number of hydrogen-bond donors (Lipinski definition) is 1. The smallest absolute Gasteiger partial charge is 0.324 e. The van der Waals surface area contributed by atoms with Gasteiger partial charge in [0, 0.05) is 49.2 Å². The van der Waals surface area contributed by atoms with Crippen LogP contribution < -0.4 is 10.2 Å². The number of piperidine rings is 1. The molecule has 1 aliphatic heterocycles. The minimum Gasteiger partial charge on any atom is -0.336 e. The molecule has 0 aliphatic carbocycles. The average molecular weight is 487 g/mol. The van der Waals surface area contributed by atoms with Gasteiger partial charge in [0.05, 0.1) is 11.4 Å². The van der Waals surface area contributed by atoms with E-state index in [1.165, 1.54) is 16.7 Å². The molecular weight excluding hydrogens is 460 g/mol. The van der Waals surface area contributed by atoms with Crippen molar-refractivity contribution in [3.63, 3.8) is 0 Å². The molecule has 6 rings (SSSR count). The molecule has 0 spiro atoms. The van der Waals surface area contributed by atoms with Crippen molar-refractivity contribution in [3.05, 3.63) is 54.3 Å². The molecule has 0 saturated carbocycles. The fraction of sp³-hybridized carbons (Fsp3) is 0.391. The summed E-state index contributed by atoms with van der Waals surface area (Å²) in [5.74, 6) is 2.69. The number of aromatic nitrogens is 10. The first-order chi connectivity index (χ1) is 17.6. The van der Waals surface area contributed by atoms with E-state index >= 15 is 0 Å². The number of nitrogens with one attached hydrogen (secondary N) is 1. The molecule has 0 radical (unpaired) electrons. The highest BCUT2D eigenvalue weighted by Gasteiger charge is 2.27. The monoisotopic (exact) mass is 486 g/mol. The zero-order valence-corrected chi connectivity index (χ0v) is 20.3. The lowest BCUT2D eigenvalue weighted by atomic mass is 9.94. The van der Waals surface area contributed by atoms with Crippen LogP contribution in [0.4, 0.5) is 17.5 Å². The van der Waals surface area contributed by atoms with Crippen molar-refractivity contribution in [2.45, 2.75) is 45.4 Å². The molecular formula is C23H26N12O. The number of imidazole rings is 1. The van der Waals surface area contributed by atoms with E-state index in [2.05, 4.69) is 64.1 Å². The average Bonchev–Trinajstić information content (AvgIpc) is 3.66. The Hall–Kier alpha value is -4.42. The molecule has 184 valence electrons. The number of pyridine rings is 1. The summed E-state index contributed by atoms with van der Waals surface area (Å²) in [6, 6.07) is 4.40.